The Hall–Kier alpha value is -1.10. The lowest BCUT2D eigenvalue weighted by atomic mass is 9.85. The zero-order chi connectivity index (χ0) is 11.4. The Balaban J connectivity index is 2.74. The van der Waals surface area contributed by atoms with E-state index in [1.807, 2.05) is 6.92 Å². The van der Waals surface area contributed by atoms with Crippen LogP contribution in [0.5, 0.6) is 0 Å². The van der Waals surface area contributed by atoms with Gasteiger partial charge in [-0.1, -0.05) is 6.92 Å². The van der Waals surface area contributed by atoms with E-state index in [0.29, 0.717) is 18.9 Å². The molecule has 5 nitrogen and oxygen atoms in total. The van der Waals surface area contributed by atoms with E-state index >= 15 is 0 Å². The molecule has 1 heterocycles. The Morgan fingerprint density at radius 3 is 2.33 bits per heavy atom. The zero-order valence-electron chi connectivity index (χ0n) is 9.28. The molecule has 1 N–H and O–H groups in total. The maximum absolute atomic E-state index is 11.5. The highest BCUT2D eigenvalue weighted by atomic mass is 16.5. The van der Waals surface area contributed by atoms with Gasteiger partial charge < -0.3 is 14.8 Å². The molecule has 0 aromatic rings. The Labute approximate surface area is 89.1 Å². The molecule has 0 bridgehead atoms. The van der Waals surface area contributed by atoms with Gasteiger partial charge in [0.1, 0.15) is 6.04 Å². The van der Waals surface area contributed by atoms with Gasteiger partial charge in [0.15, 0.2) is 0 Å². The standard InChI is InChI=1S/C10H17NO4/c1-6-4-7(9(12)14-2)8(11-5-6)10(13)15-3/h6-8,11H,4-5H2,1-3H3/t6-,7-,8+/m1/s1. The number of hydrogen-bond acceptors (Lipinski definition) is 5. The average Bonchev–Trinajstić information content (AvgIpc) is 2.26. The minimum Gasteiger partial charge on any atom is -0.469 e. The monoisotopic (exact) mass is 215 g/mol. The predicted octanol–water partition coefficient (Wildman–Crippen LogP) is -0.0534. The summed E-state index contributed by atoms with van der Waals surface area (Å²) in [6, 6.07) is -0.571. The second-order valence-corrected chi connectivity index (χ2v) is 3.88. The Morgan fingerprint density at radius 2 is 1.80 bits per heavy atom. The molecular formula is C10H17NO4. The van der Waals surface area contributed by atoms with Crippen molar-refractivity contribution in [3.63, 3.8) is 0 Å². The van der Waals surface area contributed by atoms with E-state index in [1.54, 1.807) is 0 Å². The lowest BCUT2D eigenvalue weighted by molar-refractivity contribution is -0.156. The lowest BCUT2D eigenvalue weighted by Gasteiger charge is -2.32. The molecule has 0 radical (unpaired) electrons. The number of hydrogen-bond donors (Lipinski definition) is 1. The van der Waals surface area contributed by atoms with Gasteiger partial charge in [-0.05, 0) is 18.9 Å². The van der Waals surface area contributed by atoms with E-state index in [0.717, 1.165) is 0 Å². The van der Waals surface area contributed by atoms with Crippen molar-refractivity contribution in [1.29, 1.82) is 0 Å². The van der Waals surface area contributed by atoms with Crippen LogP contribution in [0.4, 0.5) is 0 Å². The van der Waals surface area contributed by atoms with Gasteiger partial charge in [0.05, 0.1) is 20.1 Å². The van der Waals surface area contributed by atoms with Gasteiger partial charge in [-0.15, -0.1) is 0 Å². The number of methoxy groups -OCH3 is 2. The molecular weight excluding hydrogens is 198 g/mol. The maximum atomic E-state index is 11.5. The van der Waals surface area contributed by atoms with Crippen molar-refractivity contribution in [3.05, 3.63) is 0 Å². The molecule has 15 heavy (non-hydrogen) atoms. The van der Waals surface area contributed by atoms with Crippen LogP contribution in [0.3, 0.4) is 0 Å². The third-order valence-electron chi connectivity index (χ3n) is 2.70. The van der Waals surface area contributed by atoms with Crippen LogP contribution in [0.25, 0.3) is 0 Å². The van der Waals surface area contributed by atoms with Crippen molar-refractivity contribution in [2.24, 2.45) is 11.8 Å². The summed E-state index contributed by atoms with van der Waals surface area (Å²) in [5.41, 5.74) is 0. The van der Waals surface area contributed by atoms with Gasteiger partial charge in [-0.25, -0.2) is 0 Å². The minimum absolute atomic E-state index is 0.356. The van der Waals surface area contributed by atoms with Crippen LogP contribution in [-0.2, 0) is 19.1 Å². The SMILES string of the molecule is COC(=O)[C@H]1NC[C@H](C)C[C@H]1C(=O)OC. The number of carbonyl (C=O) groups is 2. The lowest BCUT2D eigenvalue weighted by Crippen LogP contribution is -2.52. The molecule has 1 saturated heterocycles. The number of piperidine rings is 1. The van der Waals surface area contributed by atoms with Crippen LogP contribution in [-0.4, -0.2) is 38.7 Å². The summed E-state index contributed by atoms with van der Waals surface area (Å²) in [5.74, 6) is -0.844. The van der Waals surface area contributed by atoms with Gasteiger partial charge in [-0.2, -0.15) is 0 Å². The van der Waals surface area contributed by atoms with Crippen LogP contribution >= 0.6 is 0 Å². The molecule has 0 aromatic carbocycles. The van der Waals surface area contributed by atoms with Gasteiger partial charge in [-0.3, -0.25) is 9.59 Å². The molecule has 1 fully saturated rings. The molecule has 86 valence electrons. The molecule has 0 saturated carbocycles. The van der Waals surface area contributed by atoms with Crippen LogP contribution in [0.2, 0.25) is 0 Å². The van der Waals surface area contributed by atoms with Crippen LogP contribution in [0, 0.1) is 11.8 Å². The number of carbonyl (C=O) groups excluding carboxylic acids is 2. The van der Waals surface area contributed by atoms with E-state index in [-0.39, 0.29) is 5.97 Å². The van der Waals surface area contributed by atoms with Crippen LogP contribution in [0.1, 0.15) is 13.3 Å². The van der Waals surface area contributed by atoms with Gasteiger partial charge in [0, 0.05) is 0 Å². The van der Waals surface area contributed by atoms with Gasteiger partial charge in [0.2, 0.25) is 0 Å². The van der Waals surface area contributed by atoms with Gasteiger partial charge in [0.25, 0.3) is 0 Å². The first-order valence-corrected chi connectivity index (χ1v) is 4.99. The fourth-order valence-corrected chi connectivity index (χ4v) is 1.88. The second-order valence-electron chi connectivity index (χ2n) is 3.88. The van der Waals surface area contributed by atoms with E-state index in [2.05, 4.69) is 14.8 Å². The van der Waals surface area contributed by atoms with Crippen LogP contribution in [0.15, 0.2) is 0 Å². The van der Waals surface area contributed by atoms with E-state index in [1.165, 1.54) is 14.2 Å². The number of esters is 2. The van der Waals surface area contributed by atoms with Crippen molar-refractivity contribution < 1.29 is 19.1 Å². The highest BCUT2D eigenvalue weighted by Crippen LogP contribution is 2.22. The first kappa shape index (κ1) is 12.0. The minimum atomic E-state index is -0.571. The fourth-order valence-electron chi connectivity index (χ4n) is 1.88. The van der Waals surface area contributed by atoms with Crippen molar-refractivity contribution in [2.45, 2.75) is 19.4 Å². The highest BCUT2D eigenvalue weighted by molar-refractivity contribution is 5.84. The number of rotatable bonds is 2. The van der Waals surface area contributed by atoms with Crippen molar-refractivity contribution in [3.8, 4) is 0 Å². The number of nitrogens with one attached hydrogen (secondary N) is 1. The molecule has 0 aromatic heterocycles. The van der Waals surface area contributed by atoms with E-state index in [4.69, 9.17) is 0 Å². The smallest absolute Gasteiger partial charge is 0.323 e. The summed E-state index contributed by atoms with van der Waals surface area (Å²) >= 11 is 0. The summed E-state index contributed by atoms with van der Waals surface area (Å²) in [6.07, 6.45) is 0.652. The van der Waals surface area contributed by atoms with E-state index in [9.17, 15) is 9.59 Å². The second kappa shape index (κ2) is 5.11. The summed E-state index contributed by atoms with van der Waals surface area (Å²) in [5, 5.41) is 3.01. The third-order valence-corrected chi connectivity index (χ3v) is 2.70. The molecule has 1 aliphatic rings. The van der Waals surface area contributed by atoms with Crippen molar-refractivity contribution in [1.82, 2.24) is 5.32 Å². The number of ether oxygens (including phenoxy) is 2. The van der Waals surface area contributed by atoms with Crippen molar-refractivity contribution in [2.75, 3.05) is 20.8 Å². The fraction of sp³-hybridized carbons (Fsp3) is 0.800. The molecule has 1 rings (SSSR count). The highest BCUT2D eigenvalue weighted by Gasteiger charge is 2.39. The van der Waals surface area contributed by atoms with Gasteiger partial charge >= 0.3 is 11.9 Å². The Kier molecular flexibility index (Phi) is 4.08. The normalized spacial score (nSPS) is 30.7. The summed E-state index contributed by atoms with van der Waals surface area (Å²) in [7, 11) is 2.65. The van der Waals surface area contributed by atoms with Crippen molar-refractivity contribution >= 4 is 11.9 Å². The first-order valence-electron chi connectivity index (χ1n) is 4.99. The molecule has 1 aliphatic heterocycles. The third kappa shape index (κ3) is 2.68. The average molecular weight is 215 g/mol. The first-order chi connectivity index (χ1) is 7.10. The molecule has 5 heteroatoms. The molecule has 3 atom stereocenters. The summed E-state index contributed by atoms with van der Waals surface area (Å²) in [4.78, 5) is 22.9. The predicted molar refractivity (Wildman–Crippen MR) is 53.1 cm³/mol. The largest absolute Gasteiger partial charge is 0.469 e. The molecule has 0 amide bonds. The van der Waals surface area contributed by atoms with E-state index < -0.39 is 17.9 Å². The summed E-state index contributed by atoms with van der Waals surface area (Å²) in [6.45, 7) is 2.74. The Morgan fingerprint density at radius 1 is 1.20 bits per heavy atom. The Bertz CT molecular complexity index is 254. The molecule has 0 aliphatic carbocycles. The summed E-state index contributed by atoms with van der Waals surface area (Å²) < 4.78 is 9.32. The molecule has 0 spiro atoms. The molecule has 0 unspecified atom stereocenters. The quantitative estimate of drug-likeness (QED) is 0.654. The topological polar surface area (TPSA) is 64.6 Å². The van der Waals surface area contributed by atoms with Crippen LogP contribution < -0.4 is 5.32 Å². The zero-order valence-corrected chi connectivity index (χ0v) is 9.28. The maximum Gasteiger partial charge on any atom is 0.323 e.